The van der Waals surface area contributed by atoms with Gasteiger partial charge in [-0.2, -0.15) is 0 Å². The van der Waals surface area contributed by atoms with Crippen molar-refractivity contribution in [2.75, 3.05) is 12.3 Å². The fraction of sp³-hybridized carbons (Fsp3) is 0.182. The highest BCUT2D eigenvalue weighted by Gasteiger charge is 2.13. The predicted molar refractivity (Wildman–Crippen MR) is 129 cm³/mol. The lowest BCUT2D eigenvalue weighted by Gasteiger charge is -2.12. The van der Waals surface area contributed by atoms with Crippen molar-refractivity contribution in [2.24, 2.45) is 5.73 Å². The van der Waals surface area contributed by atoms with Crippen LogP contribution in [0.5, 0.6) is 0 Å². The van der Waals surface area contributed by atoms with Crippen LogP contribution in [0.4, 0.5) is 0 Å². The molecule has 0 aliphatic heterocycles. The Balaban J connectivity index is 1.56. The van der Waals surface area contributed by atoms with Crippen molar-refractivity contribution < 1.29 is 4.79 Å². The van der Waals surface area contributed by atoms with Gasteiger partial charge in [0.25, 0.3) is 5.56 Å². The van der Waals surface area contributed by atoms with Gasteiger partial charge in [0, 0.05) is 48.0 Å². The van der Waals surface area contributed by atoms with E-state index in [-0.39, 0.29) is 11.3 Å². The van der Waals surface area contributed by atoms with Crippen molar-refractivity contribution in [3.05, 3.63) is 86.2 Å². The van der Waals surface area contributed by atoms with Crippen LogP contribution in [0.15, 0.2) is 70.6 Å². The molecule has 0 saturated carbocycles. The van der Waals surface area contributed by atoms with Gasteiger partial charge in [0.1, 0.15) is 0 Å². The highest BCUT2D eigenvalue weighted by atomic mass is 35.5. The molecule has 0 saturated heterocycles. The Morgan fingerprint density at radius 2 is 2.06 bits per heavy atom. The molecule has 0 spiro atoms. The fourth-order valence-electron chi connectivity index (χ4n) is 3.13. The van der Waals surface area contributed by atoms with E-state index in [9.17, 15) is 9.59 Å². The van der Waals surface area contributed by atoms with Crippen molar-refractivity contribution in [3.8, 4) is 11.4 Å². The number of carbonyl (C=O) groups excluding carboxylic acids is 1. The summed E-state index contributed by atoms with van der Waals surface area (Å²) in [6, 6.07) is 14.2. The van der Waals surface area contributed by atoms with Crippen molar-refractivity contribution in [2.45, 2.75) is 17.7 Å². The SMILES string of the molecule is NCCSc1cc(-n2ccccc2=O)ccc1-n1cc(CCC(=O)c2ccc(Cl)s2)nn1. The quantitative estimate of drug-likeness (QED) is 0.284. The second-order valence-corrected chi connectivity index (χ2v) is 9.73. The van der Waals surface area contributed by atoms with Crippen molar-refractivity contribution in [1.29, 1.82) is 0 Å². The normalized spacial score (nSPS) is 11.1. The third-order valence-electron chi connectivity index (χ3n) is 4.66. The van der Waals surface area contributed by atoms with Crippen LogP contribution in [-0.2, 0) is 6.42 Å². The summed E-state index contributed by atoms with van der Waals surface area (Å²) in [6.07, 6.45) is 4.38. The Morgan fingerprint density at radius 1 is 1.19 bits per heavy atom. The number of nitrogens with zero attached hydrogens (tertiary/aromatic N) is 4. The molecule has 3 aromatic heterocycles. The zero-order chi connectivity index (χ0) is 22.5. The maximum absolute atomic E-state index is 12.3. The molecule has 3 heterocycles. The summed E-state index contributed by atoms with van der Waals surface area (Å²) in [5.41, 5.74) is 7.93. The van der Waals surface area contributed by atoms with Crippen molar-refractivity contribution in [3.63, 3.8) is 0 Å². The average molecular weight is 486 g/mol. The van der Waals surface area contributed by atoms with E-state index in [2.05, 4.69) is 10.3 Å². The largest absolute Gasteiger partial charge is 0.330 e. The number of carbonyl (C=O) groups is 1. The van der Waals surface area contributed by atoms with Gasteiger partial charge in [-0.05, 0) is 36.4 Å². The molecule has 0 aliphatic rings. The molecule has 10 heteroatoms. The zero-order valence-corrected chi connectivity index (χ0v) is 19.4. The van der Waals surface area contributed by atoms with Crippen LogP contribution in [0.1, 0.15) is 21.8 Å². The molecule has 32 heavy (non-hydrogen) atoms. The van der Waals surface area contributed by atoms with E-state index in [1.54, 1.807) is 45.4 Å². The van der Waals surface area contributed by atoms with E-state index in [1.807, 2.05) is 30.5 Å². The molecule has 4 rings (SSSR count). The minimum absolute atomic E-state index is 0.0355. The number of pyridine rings is 1. The summed E-state index contributed by atoms with van der Waals surface area (Å²) in [5.74, 6) is 0.757. The highest BCUT2D eigenvalue weighted by molar-refractivity contribution is 7.99. The molecule has 0 fully saturated rings. The van der Waals surface area contributed by atoms with Gasteiger partial charge in [-0.3, -0.25) is 14.2 Å². The van der Waals surface area contributed by atoms with E-state index in [1.165, 1.54) is 17.4 Å². The Hall–Kier alpha value is -2.72. The first-order valence-electron chi connectivity index (χ1n) is 9.90. The lowest BCUT2D eigenvalue weighted by molar-refractivity contribution is 0.0986. The van der Waals surface area contributed by atoms with Gasteiger partial charge in [-0.25, -0.2) is 4.68 Å². The fourth-order valence-corrected chi connectivity index (χ4v) is 4.99. The summed E-state index contributed by atoms with van der Waals surface area (Å²) in [6.45, 7) is 0.525. The topological polar surface area (TPSA) is 95.8 Å². The Labute approximate surface area is 197 Å². The van der Waals surface area contributed by atoms with Gasteiger partial charge in [0.15, 0.2) is 5.78 Å². The molecule has 0 unspecified atom stereocenters. The number of rotatable bonds is 9. The van der Waals surface area contributed by atoms with Gasteiger partial charge >= 0.3 is 0 Å². The lowest BCUT2D eigenvalue weighted by atomic mass is 10.1. The van der Waals surface area contributed by atoms with E-state index in [0.29, 0.717) is 28.6 Å². The molecule has 4 aromatic rings. The van der Waals surface area contributed by atoms with Crippen LogP contribution < -0.4 is 11.3 Å². The van der Waals surface area contributed by atoms with E-state index in [4.69, 9.17) is 17.3 Å². The standard InChI is InChI=1S/C22H20ClN5O2S2/c23-21-9-8-19(32-21)18(29)7-4-15-14-28(26-25-15)17-6-5-16(13-20(17)31-12-10-24)27-11-2-1-3-22(27)30/h1-3,5-6,8-9,11,13-14H,4,7,10,12,24H2. The van der Waals surface area contributed by atoms with Gasteiger partial charge in [0.2, 0.25) is 0 Å². The van der Waals surface area contributed by atoms with Crippen LogP contribution in [0.2, 0.25) is 4.34 Å². The monoisotopic (exact) mass is 485 g/mol. The maximum atomic E-state index is 12.3. The molecule has 0 aliphatic carbocycles. The molecule has 164 valence electrons. The second kappa shape index (κ2) is 10.3. The van der Waals surface area contributed by atoms with Gasteiger partial charge in [-0.15, -0.1) is 28.2 Å². The Kier molecular flexibility index (Phi) is 7.21. The number of thiophene rings is 1. The minimum Gasteiger partial charge on any atom is -0.330 e. The van der Waals surface area contributed by atoms with E-state index >= 15 is 0 Å². The highest BCUT2D eigenvalue weighted by Crippen LogP contribution is 2.28. The second-order valence-electron chi connectivity index (χ2n) is 6.88. The molecular formula is C22H20ClN5O2S2. The summed E-state index contributed by atoms with van der Waals surface area (Å²) in [4.78, 5) is 26.1. The van der Waals surface area contributed by atoms with Crippen LogP contribution in [0.25, 0.3) is 11.4 Å². The van der Waals surface area contributed by atoms with Crippen LogP contribution in [0.3, 0.4) is 0 Å². The van der Waals surface area contributed by atoms with Crippen LogP contribution in [-0.4, -0.2) is 37.6 Å². The smallest absolute Gasteiger partial charge is 0.255 e. The van der Waals surface area contributed by atoms with Gasteiger partial charge < -0.3 is 5.73 Å². The van der Waals surface area contributed by atoms with Gasteiger partial charge in [-0.1, -0.05) is 22.9 Å². The number of benzene rings is 1. The molecule has 0 radical (unpaired) electrons. The first kappa shape index (κ1) is 22.5. The first-order valence-corrected chi connectivity index (χ1v) is 12.1. The summed E-state index contributed by atoms with van der Waals surface area (Å²) in [5, 5.41) is 8.48. The number of aryl methyl sites for hydroxylation is 1. The zero-order valence-electron chi connectivity index (χ0n) is 17.0. The lowest BCUT2D eigenvalue weighted by Crippen LogP contribution is -2.15. The molecule has 0 amide bonds. The first-order chi connectivity index (χ1) is 15.5. The van der Waals surface area contributed by atoms with Crippen molar-refractivity contribution >= 4 is 40.5 Å². The number of hydrogen-bond donors (Lipinski definition) is 1. The summed E-state index contributed by atoms with van der Waals surface area (Å²) < 4.78 is 3.88. The number of nitrogens with two attached hydrogens (primary N) is 1. The third-order valence-corrected chi connectivity index (χ3v) is 7.01. The molecular weight excluding hydrogens is 466 g/mol. The summed E-state index contributed by atoms with van der Waals surface area (Å²) >= 11 is 8.78. The number of hydrogen-bond acceptors (Lipinski definition) is 7. The predicted octanol–water partition coefficient (Wildman–Crippen LogP) is 4.00. The minimum atomic E-state index is -0.102. The Morgan fingerprint density at radius 3 is 2.81 bits per heavy atom. The third kappa shape index (κ3) is 5.18. The molecule has 7 nitrogen and oxygen atoms in total. The Bertz CT molecular complexity index is 1300. The average Bonchev–Trinajstić information content (AvgIpc) is 3.45. The van der Waals surface area contributed by atoms with Crippen LogP contribution in [0, 0.1) is 0 Å². The number of thioether (sulfide) groups is 1. The van der Waals surface area contributed by atoms with Gasteiger partial charge in [0.05, 0.1) is 26.8 Å². The molecule has 2 N–H and O–H groups in total. The molecule has 1 aromatic carbocycles. The van der Waals surface area contributed by atoms with Crippen LogP contribution >= 0.6 is 34.7 Å². The summed E-state index contributed by atoms with van der Waals surface area (Å²) in [7, 11) is 0. The number of aromatic nitrogens is 4. The number of Topliss-reactive ketones (excluding diaryl/α,β-unsaturated/α-hetero) is 1. The number of halogens is 1. The molecule has 0 atom stereocenters. The number of ketones is 1. The maximum Gasteiger partial charge on any atom is 0.255 e. The van der Waals surface area contributed by atoms with E-state index < -0.39 is 0 Å². The molecule has 0 bridgehead atoms. The van der Waals surface area contributed by atoms with Crippen molar-refractivity contribution in [1.82, 2.24) is 19.6 Å². The van der Waals surface area contributed by atoms with E-state index in [0.717, 1.165) is 27.7 Å².